The highest BCUT2D eigenvalue weighted by molar-refractivity contribution is 7.46. The van der Waals surface area contributed by atoms with Crippen molar-refractivity contribution < 1.29 is 61.1 Å². The van der Waals surface area contributed by atoms with Crippen LogP contribution in [-0.4, -0.2) is 80.6 Å². The first-order valence-corrected chi connectivity index (χ1v) is 16.3. The molecular formula is C29H33F2N4O12P. The zero-order valence-corrected chi connectivity index (χ0v) is 26.9. The lowest BCUT2D eigenvalue weighted by molar-refractivity contribution is -0.0658. The molecule has 1 fully saturated rings. The highest BCUT2D eigenvalue weighted by Gasteiger charge is 2.54. The van der Waals surface area contributed by atoms with Gasteiger partial charge >= 0.3 is 14.0 Å². The topological polar surface area (TPSA) is 205 Å². The summed E-state index contributed by atoms with van der Waals surface area (Å²) < 4.78 is 59.6. The number of amides is 2. The molecule has 2 amide bonds. The maximum absolute atomic E-state index is 14.3. The van der Waals surface area contributed by atoms with Gasteiger partial charge in [-0.25, -0.2) is 18.1 Å². The molecule has 48 heavy (non-hydrogen) atoms. The molecule has 1 aromatic heterocycles. The smallest absolute Gasteiger partial charge is 0.451 e. The van der Waals surface area contributed by atoms with Gasteiger partial charge in [0.05, 0.1) is 18.4 Å². The van der Waals surface area contributed by atoms with E-state index in [-0.39, 0.29) is 23.8 Å². The molecule has 4 heterocycles. The van der Waals surface area contributed by atoms with Crippen molar-refractivity contribution >= 4 is 31.5 Å². The van der Waals surface area contributed by atoms with Crippen LogP contribution in [0.5, 0.6) is 5.75 Å². The van der Waals surface area contributed by atoms with Gasteiger partial charge in [-0.05, 0) is 39.7 Å². The Hall–Kier alpha value is -4.38. The summed E-state index contributed by atoms with van der Waals surface area (Å²) in [5.74, 6) is -3.91. The molecule has 2 aromatic rings. The quantitative estimate of drug-likeness (QED) is 0.186. The van der Waals surface area contributed by atoms with Crippen LogP contribution >= 0.6 is 7.82 Å². The summed E-state index contributed by atoms with van der Waals surface area (Å²) in [6.07, 6.45) is 0.106. The largest absolute Gasteiger partial charge is 0.511 e. The van der Waals surface area contributed by atoms with Crippen molar-refractivity contribution in [2.24, 2.45) is 5.16 Å². The van der Waals surface area contributed by atoms with Crippen LogP contribution in [0, 0.1) is 11.6 Å². The van der Waals surface area contributed by atoms with E-state index in [0.29, 0.717) is 31.0 Å². The maximum Gasteiger partial charge on any atom is 0.511 e. The number of carbonyl (C=O) groups is 3. The van der Waals surface area contributed by atoms with Crippen molar-refractivity contribution in [3.05, 3.63) is 63.1 Å². The van der Waals surface area contributed by atoms with Crippen molar-refractivity contribution in [2.75, 3.05) is 19.9 Å². The predicted octanol–water partition coefficient (Wildman–Crippen LogP) is 2.76. The number of oxime groups is 1. The lowest BCUT2D eigenvalue weighted by Crippen LogP contribution is -2.52. The van der Waals surface area contributed by atoms with Crippen LogP contribution in [0.15, 0.2) is 34.3 Å². The average molecular weight is 699 g/mol. The number of phosphoric acid groups is 1. The molecule has 1 saturated heterocycles. The third-order valence-corrected chi connectivity index (χ3v) is 8.76. The van der Waals surface area contributed by atoms with Gasteiger partial charge < -0.3 is 43.6 Å². The molecule has 19 heteroatoms. The van der Waals surface area contributed by atoms with Crippen LogP contribution < -0.4 is 15.5 Å². The number of benzene rings is 1. The van der Waals surface area contributed by atoms with Gasteiger partial charge in [0, 0.05) is 43.4 Å². The molecule has 1 aromatic carbocycles. The highest BCUT2D eigenvalue weighted by atomic mass is 31.2. The fraction of sp³-hybridized carbons (Fsp3) is 0.483. The summed E-state index contributed by atoms with van der Waals surface area (Å²) in [5, 5.41) is 6.59. The third kappa shape index (κ3) is 7.36. The minimum Gasteiger partial charge on any atom is -0.451 e. The minimum absolute atomic E-state index is 0.0545. The number of fused-ring (bicyclic) bond motifs is 5. The number of hydrogen-bond acceptors (Lipinski definition) is 11. The number of nitrogens with zero attached hydrogens (tertiary/aromatic N) is 3. The minimum atomic E-state index is -4.83. The Morgan fingerprint density at radius 1 is 1.27 bits per heavy atom. The van der Waals surface area contributed by atoms with Gasteiger partial charge in [-0.2, -0.15) is 0 Å². The molecule has 1 spiro atoms. The third-order valence-electron chi connectivity index (χ3n) is 8.28. The van der Waals surface area contributed by atoms with E-state index in [1.54, 1.807) is 11.8 Å². The normalized spacial score (nSPS) is 22.3. The van der Waals surface area contributed by atoms with E-state index < -0.39 is 91.9 Å². The van der Waals surface area contributed by atoms with Crippen molar-refractivity contribution in [1.82, 2.24) is 14.8 Å². The molecule has 260 valence electrons. The molecule has 0 unspecified atom stereocenters. The number of pyridine rings is 1. The molecule has 0 radical (unpaired) electrons. The lowest BCUT2D eigenvalue weighted by atomic mass is 9.84. The van der Waals surface area contributed by atoms with Gasteiger partial charge in [0.25, 0.3) is 11.8 Å². The Bertz CT molecular complexity index is 1760. The zero-order chi connectivity index (χ0) is 35.0. The average Bonchev–Trinajstić information content (AvgIpc) is 3.34. The van der Waals surface area contributed by atoms with Gasteiger partial charge in [-0.15, -0.1) is 0 Å². The van der Waals surface area contributed by atoms with E-state index in [9.17, 15) is 32.5 Å². The molecule has 3 aliphatic heterocycles. The van der Waals surface area contributed by atoms with Crippen LogP contribution in [0.3, 0.4) is 0 Å². The summed E-state index contributed by atoms with van der Waals surface area (Å²) in [4.78, 5) is 78.6. The molecular weight excluding hydrogens is 665 g/mol. The summed E-state index contributed by atoms with van der Waals surface area (Å²) >= 11 is 0. The number of rotatable bonds is 10. The van der Waals surface area contributed by atoms with Crippen LogP contribution in [0.2, 0.25) is 0 Å². The van der Waals surface area contributed by atoms with Crippen molar-refractivity contribution in [2.45, 2.75) is 70.4 Å². The summed E-state index contributed by atoms with van der Waals surface area (Å²) in [6.45, 7) is 3.01. The first kappa shape index (κ1) is 34.9. The number of nitrogens with one attached hydrogen (secondary N) is 1. The van der Waals surface area contributed by atoms with Gasteiger partial charge in [-0.1, -0.05) is 11.2 Å². The second-order valence-corrected chi connectivity index (χ2v) is 13.0. The molecule has 0 aliphatic carbocycles. The van der Waals surface area contributed by atoms with E-state index in [0.717, 1.165) is 12.1 Å². The maximum atomic E-state index is 14.3. The molecule has 5 rings (SSSR count). The number of aromatic nitrogens is 1. The van der Waals surface area contributed by atoms with Crippen LogP contribution in [-0.2, 0) is 29.9 Å². The van der Waals surface area contributed by atoms with Crippen molar-refractivity contribution in [3.63, 3.8) is 0 Å². The molecule has 3 N–H and O–H groups in total. The molecule has 4 atom stereocenters. The second-order valence-electron chi connectivity index (χ2n) is 11.8. The Labute approximate surface area is 271 Å². The van der Waals surface area contributed by atoms with Crippen LogP contribution in [0.4, 0.5) is 13.6 Å². The monoisotopic (exact) mass is 698 g/mol. The van der Waals surface area contributed by atoms with Crippen LogP contribution in [0.25, 0.3) is 0 Å². The first-order chi connectivity index (χ1) is 22.6. The first-order valence-electron chi connectivity index (χ1n) is 14.8. The second kappa shape index (κ2) is 13.6. The number of phosphoric ester groups is 1. The van der Waals surface area contributed by atoms with Gasteiger partial charge in [0.15, 0.2) is 11.3 Å². The predicted molar refractivity (Wildman–Crippen MR) is 159 cm³/mol. The molecule has 3 aliphatic rings. The van der Waals surface area contributed by atoms with Gasteiger partial charge in [0.1, 0.15) is 23.3 Å². The number of halogens is 2. The van der Waals surface area contributed by atoms with E-state index in [4.69, 9.17) is 28.8 Å². The highest BCUT2D eigenvalue weighted by Crippen LogP contribution is 2.46. The van der Waals surface area contributed by atoms with Gasteiger partial charge in [-0.3, -0.25) is 18.9 Å². The lowest BCUT2D eigenvalue weighted by Gasteiger charge is -2.42. The number of hydrogen-bond donors (Lipinski definition) is 3. The Kier molecular flexibility index (Phi) is 9.92. The zero-order valence-electron chi connectivity index (χ0n) is 26.0. The molecule has 2 bridgehead atoms. The van der Waals surface area contributed by atoms with Crippen molar-refractivity contribution in [3.8, 4) is 5.75 Å². The Morgan fingerprint density at radius 2 is 2.02 bits per heavy atom. The fourth-order valence-electron chi connectivity index (χ4n) is 5.91. The van der Waals surface area contributed by atoms with E-state index >= 15 is 0 Å². The Morgan fingerprint density at radius 3 is 2.69 bits per heavy atom. The Balaban J connectivity index is 1.47. The van der Waals surface area contributed by atoms with Crippen molar-refractivity contribution in [1.29, 1.82) is 0 Å². The van der Waals surface area contributed by atoms with Gasteiger partial charge in [0.2, 0.25) is 18.0 Å². The molecule has 0 saturated carbocycles. The van der Waals surface area contributed by atoms with E-state index in [2.05, 4.69) is 15.0 Å². The summed E-state index contributed by atoms with van der Waals surface area (Å²) in [7, 11) is -4.83. The SMILES string of the molecule is CC1=NO[C@@]2(CC[C@H](C)N3C[C@H]2n2cc(C(=O)NCc4ccc(F)cc4F)c(=O)c(OCOC(=O)O[C@H](C)COP(=O)(O)O)c2C3=O)C1. The van der Waals surface area contributed by atoms with E-state index in [1.807, 2.05) is 6.92 Å². The summed E-state index contributed by atoms with van der Waals surface area (Å²) in [5.41, 5.74) is -2.07. The fourth-order valence-corrected chi connectivity index (χ4v) is 6.32. The molecule has 16 nitrogen and oxygen atoms in total. The van der Waals surface area contributed by atoms with Crippen LogP contribution in [0.1, 0.15) is 72.5 Å². The number of ether oxygens (including phenoxy) is 3. The number of carbonyl (C=O) groups excluding carboxylic acids is 3. The summed E-state index contributed by atoms with van der Waals surface area (Å²) in [6, 6.07) is 1.86. The van der Waals surface area contributed by atoms with E-state index in [1.165, 1.54) is 17.7 Å². The standard InChI is InChI=1S/C29H33F2N4O12P/c1-15-9-29(47-33-15)7-6-16(2)34-12-22(29)35-11-20(26(37)32-10-18-4-5-19(30)8-21(18)31)24(36)25(23(35)27(34)38)43-14-44-28(39)46-17(3)13-45-48(40,41)42/h4-5,8,11,16-17,22H,6-7,9-10,12-14H2,1-3H3,(H,32,37)(H2,40,41,42)/t16-,17+,22+,29-/m0/s1.